The molecule has 4 nitrogen and oxygen atoms in total. The highest BCUT2D eigenvalue weighted by molar-refractivity contribution is 6.57. The lowest BCUT2D eigenvalue weighted by Gasteiger charge is -2.00. The second-order valence-electron chi connectivity index (χ2n) is 1.62. The number of rotatable bonds is 2. The molecule has 0 aromatic carbocycles. The number of carbonyl (C=O) groups excluding carboxylic acids is 1. The maximum absolute atomic E-state index is 10.3. The lowest BCUT2D eigenvalue weighted by atomic mass is 10.5. The molecule has 0 spiro atoms. The van der Waals surface area contributed by atoms with Crippen molar-refractivity contribution in [3.63, 3.8) is 0 Å². The van der Waals surface area contributed by atoms with E-state index in [0.29, 0.717) is 0 Å². The summed E-state index contributed by atoms with van der Waals surface area (Å²) < 4.78 is -0.479. The maximum Gasteiger partial charge on any atom is 0.354 e. The molecule has 0 aliphatic carbocycles. The summed E-state index contributed by atoms with van der Waals surface area (Å²) in [7, 11) is 0. The number of halogens is 2. The molecule has 1 amide bonds. The van der Waals surface area contributed by atoms with Crippen LogP contribution in [-0.4, -0.2) is 17.0 Å². The third-order valence-electron chi connectivity index (χ3n) is 0.704. The van der Waals surface area contributed by atoms with E-state index in [2.05, 4.69) is 0 Å². The number of carboxylic acid groups (broad SMARTS) is 1. The van der Waals surface area contributed by atoms with Crippen LogP contribution in [-0.2, 0) is 9.59 Å². The molecule has 0 aliphatic rings. The predicted molar refractivity (Wildman–Crippen MR) is 40.2 cm³/mol. The number of hydrogen-bond donors (Lipinski definition) is 2. The monoisotopic (exact) mass is 197 g/mol. The molecule has 11 heavy (non-hydrogen) atoms. The summed E-state index contributed by atoms with van der Waals surface area (Å²) in [4.78, 5) is 20.6. The number of nitrogens with one attached hydrogen (secondary N) is 1. The van der Waals surface area contributed by atoms with Gasteiger partial charge in [-0.3, -0.25) is 4.79 Å². The topological polar surface area (TPSA) is 66.4 Å². The molecular weight excluding hydrogens is 193 g/mol. The first-order chi connectivity index (χ1) is 4.95. The first kappa shape index (κ1) is 10.3. The third-order valence-corrected chi connectivity index (χ3v) is 1.08. The fraction of sp³-hybridized carbons (Fsp3) is 0.200. The molecule has 0 atom stereocenters. The highest BCUT2D eigenvalue weighted by Crippen LogP contribution is 2.11. The van der Waals surface area contributed by atoms with Crippen molar-refractivity contribution >= 4 is 35.1 Å². The van der Waals surface area contributed by atoms with E-state index in [1.54, 1.807) is 0 Å². The second kappa shape index (κ2) is 4.20. The Labute approximate surface area is 72.8 Å². The molecule has 0 saturated heterocycles. The SMILES string of the molecule is CC(=O)NC(C(=O)O)=C(Cl)Cl. The molecule has 0 radical (unpaired) electrons. The minimum absolute atomic E-state index is 0.479. The van der Waals surface area contributed by atoms with Gasteiger partial charge in [-0.1, -0.05) is 23.2 Å². The molecule has 0 heterocycles. The highest BCUT2D eigenvalue weighted by Gasteiger charge is 2.12. The van der Waals surface area contributed by atoms with Crippen LogP contribution in [0.15, 0.2) is 10.2 Å². The Morgan fingerprint density at radius 2 is 1.82 bits per heavy atom. The van der Waals surface area contributed by atoms with Gasteiger partial charge in [-0.25, -0.2) is 4.79 Å². The van der Waals surface area contributed by atoms with E-state index in [9.17, 15) is 9.59 Å². The van der Waals surface area contributed by atoms with Gasteiger partial charge in [-0.15, -0.1) is 0 Å². The summed E-state index contributed by atoms with van der Waals surface area (Å²) in [5, 5.41) is 10.3. The summed E-state index contributed by atoms with van der Waals surface area (Å²) in [5.74, 6) is -1.92. The predicted octanol–water partition coefficient (Wildman–Crippen LogP) is 0.854. The van der Waals surface area contributed by atoms with E-state index < -0.39 is 22.1 Å². The molecule has 2 N–H and O–H groups in total. The summed E-state index contributed by atoms with van der Waals surface area (Å²) in [6.45, 7) is 1.15. The summed E-state index contributed by atoms with van der Waals surface area (Å²) in [6, 6.07) is 0. The Bertz CT molecular complexity index is 220. The molecule has 0 aromatic heterocycles. The zero-order valence-electron chi connectivity index (χ0n) is 5.52. The average molecular weight is 198 g/mol. The number of amides is 1. The van der Waals surface area contributed by atoms with Gasteiger partial charge in [-0.05, 0) is 0 Å². The van der Waals surface area contributed by atoms with Crippen LogP contribution in [0.1, 0.15) is 6.92 Å². The molecule has 0 rings (SSSR count). The minimum atomic E-state index is -1.37. The van der Waals surface area contributed by atoms with Crippen LogP contribution in [0.25, 0.3) is 0 Å². The standard InChI is InChI=1S/C5H5Cl2NO3/c1-2(9)8-3(4(6)7)5(10)11/h1H3,(H,8,9)(H,10,11). The first-order valence-electron chi connectivity index (χ1n) is 2.51. The van der Waals surface area contributed by atoms with Crippen LogP contribution >= 0.6 is 23.2 Å². The van der Waals surface area contributed by atoms with Crippen LogP contribution in [0, 0.1) is 0 Å². The Morgan fingerprint density at radius 1 is 1.36 bits per heavy atom. The van der Waals surface area contributed by atoms with Gasteiger partial charge in [0.15, 0.2) is 5.70 Å². The van der Waals surface area contributed by atoms with Crippen molar-refractivity contribution in [1.29, 1.82) is 0 Å². The van der Waals surface area contributed by atoms with Crippen molar-refractivity contribution < 1.29 is 14.7 Å². The van der Waals surface area contributed by atoms with E-state index in [4.69, 9.17) is 28.3 Å². The van der Waals surface area contributed by atoms with Crippen molar-refractivity contribution in [2.45, 2.75) is 6.92 Å². The van der Waals surface area contributed by atoms with Crippen molar-refractivity contribution in [2.24, 2.45) is 0 Å². The molecule has 0 fully saturated rings. The lowest BCUT2D eigenvalue weighted by Crippen LogP contribution is -2.25. The fourth-order valence-electron chi connectivity index (χ4n) is 0.358. The van der Waals surface area contributed by atoms with Gasteiger partial charge < -0.3 is 10.4 Å². The average Bonchev–Trinajstić information content (AvgIpc) is 1.81. The van der Waals surface area contributed by atoms with Crippen LogP contribution in [0.4, 0.5) is 0 Å². The van der Waals surface area contributed by atoms with Gasteiger partial charge in [0.1, 0.15) is 4.49 Å². The Hall–Kier alpha value is -0.740. The zero-order valence-corrected chi connectivity index (χ0v) is 7.03. The maximum atomic E-state index is 10.3. The van der Waals surface area contributed by atoms with Crippen molar-refractivity contribution in [3.05, 3.63) is 10.2 Å². The Balaban J connectivity index is 4.52. The van der Waals surface area contributed by atoms with E-state index >= 15 is 0 Å². The van der Waals surface area contributed by atoms with Crippen LogP contribution < -0.4 is 5.32 Å². The van der Waals surface area contributed by atoms with Gasteiger partial charge in [0.25, 0.3) is 0 Å². The highest BCUT2D eigenvalue weighted by atomic mass is 35.5. The van der Waals surface area contributed by atoms with Gasteiger partial charge in [0.2, 0.25) is 5.91 Å². The van der Waals surface area contributed by atoms with Crippen LogP contribution in [0.5, 0.6) is 0 Å². The van der Waals surface area contributed by atoms with Crippen LogP contribution in [0.2, 0.25) is 0 Å². The second-order valence-corrected chi connectivity index (χ2v) is 2.57. The van der Waals surface area contributed by atoms with Crippen molar-refractivity contribution in [2.75, 3.05) is 0 Å². The smallest absolute Gasteiger partial charge is 0.354 e. The summed E-state index contributed by atoms with van der Waals surface area (Å²) in [6.07, 6.45) is 0. The number of aliphatic carboxylic acids is 1. The van der Waals surface area contributed by atoms with E-state index in [-0.39, 0.29) is 0 Å². The largest absolute Gasteiger partial charge is 0.477 e. The normalized spacial score (nSPS) is 8.64. The quantitative estimate of drug-likeness (QED) is 0.646. The molecule has 0 bridgehead atoms. The van der Waals surface area contributed by atoms with E-state index in [1.165, 1.54) is 0 Å². The van der Waals surface area contributed by atoms with Crippen molar-refractivity contribution in [1.82, 2.24) is 5.32 Å². The Morgan fingerprint density at radius 3 is 1.91 bits per heavy atom. The van der Waals surface area contributed by atoms with Crippen molar-refractivity contribution in [3.8, 4) is 0 Å². The van der Waals surface area contributed by atoms with Gasteiger partial charge in [0.05, 0.1) is 0 Å². The fourth-order valence-corrected chi connectivity index (χ4v) is 0.614. The summed E-state index contributed by atoms with van der Waals surface area (Å²) >= 11 is 10.3. The Kier molecular flexibility index (Phi) is 3.92. The molecule has 0 unspecified atom stereocenters. The van der Waals surface area contributed by atoms with E-state index in [1.807, 2.05) is 5.32 Å². The molecule has 0 saturated carbocycles. The first-order valence-corrected chi connectivity index (χ1v) is 3.27. The number of carbonyl (C=O) groups is 2. The molecule has 0 aromatic rings. The molecule has 62 valence electrons. The molecular formula is C5H5Cl2NO3. The minimum Gasteiger partial charge on any atom is -0.477 e. The third kappa shape index (κ3) is 3.85. The molecule has 0 aliphatic heterocycles. The lowest BCUT2D eigenvalue weighted by molar-refractivity contribution is -0.134. The summed E-state index contributed by atoms with van der Waals surface area (Å²) in [5.41, 5.74) is -0.513. The van der Waals surface area contributed by atoms with Gasteiger partial charge >= 0.3 is 5.97 Å². The zero-order chi connectivity index (χ0) is 9.02. The van der Waals surface area contributed by atoms with Crippen LogP contribution in [0.3, 0.4) is 0 Å². The van der Waals surface area contributed by atoms with Gasteiger partial charge in [-0.2, -0.15) is 0 Å². The van der Waals surface area contributed by atoms with E-state index in [0.717, 1.165) is 6.92 Å². The molecule has 6 heteroatoms. The van der Waals surface area contributed by atoms with Gasteiger partial charge in [0, 0.05) is 6.92 Å². The number of hydrogen-bond acceptors (Lipinski definition) is 2. The number of carboxylic acids is 1.